The minimum absolute atomic E-state index is 0.0247. The Morgan fingerprint density at radius 3 is 2.73 bits per heavy atom. The Morgan fingerprint density at radius 1 is 1.17 bits per heavy atom. The molecule has 6 nitrogen and oxygen atoms in total. The first-order valence-corrected chi connectivity index (χ1v) is 11.4. The zero-order valence-corrected chi connectivity index (χ0v) is 18.9. The van der Waals surface area contributed by atoms with Crippen LogP contribution in [-0.4, -0.2) is 29.9 Å². The summed E-state index contributed by atoms with van der Waals surface area (Å²) >= 11 is 3.02. The van der Waals surface area contributed by atoms with Gasteiger partial charge in [-0.1, -0.05) is 32.0 Å². The summed E-state index contributed by atoms with van der Waals surface area (Å²) < 4.78 is 5.72. The van der Waals surface area contributed by atoms with Crippen LogP contribution in [0.5, 0.6) is 5.75 Å². The number of carbonyl (C=O) groups is 2. The molecule has 0 saturated heterocycles. The lowest BCUT2D eigenvalue weighted by atomic mass is 10.0. The Bertz CT molecular complexity index is 1010. The topological polar surface area (TPSA) is 80.3 Å². The Kier molecular flexibility index (Phi) is 7.59. The molecule has 158 valence electrons. The molecule has 2 amide bonds. The lowest BCUT2D eigenvalue weighted by molar-refractivity contribution is -0.119. The molecule has 0 bridgehead atoms. The Morgan fingerprint density at radius 2 is 1.97 bits per heavy atom. The van der Waals surface area contributed by atoms with Crippen molar-refractivity contribution in [2.24, 2.45) is 0 Å². The monoisotopic (exact) mass is 443 g/mol. The van der Waals surface area contributed by atoms with Crippen LogP contribution < -0.4 is 15.4 Å². The Labute approximate surface area is 184 Å². The molecule has 0 saturated carbocycles. The second-order valence-corrected chi connectivity index (χ2v) is 9.09. The van der Waals surface area contributed by atoms with Gasteiger partial charge >= 0.3 is 0 Å². The molecule has 2 heterocycles. The number of carbonyl (C=O) groups excluding carboxylic acids is 2. The van der Waals surface area contributed by atoms with Crippen LogP contribution in [0.25, 0.3) is 10.6 Å². The van der Waals surface area contributed by atoms with Crippen LogP contribution in [0.2, 0.25) is 0 Å². The molecule has 0 aliphatic carbocycles. The normalized spacial score (nSPS) is 10.8. The van der Waals surface area contributed by atoms with Crippen molar-refractivity contribution >= 4 is 39.6 Å². The largest absolute Gasteiger partial charge is 0.483 e. The summed E-state index contributed by atoms with van der Waals surface area (Å²) in [5.74, 6) is 0.785. The van der Waals surface area contributed by atoms with Crippen molar-refractivity contribution in [3.8, 4) is 16.3 Å². The van der Waals surface area contributed by atoms with Gasteiger partial charge in [-0.3, -0.25) is 14.9 Å². The summed E-state index contributed by atoms with van der Waals surface area (Å²) in [7, 11) is 0. The highest BCUT2D eigenvalue weighted by atomic mass is 32.1. The fraction of sp³-hybridized carbons (Fsp3) is 0.318. The highest BCUT2D eigenvalue weighted by Crippen LogP contribution is 2.31. The van der Waals surface area contributed by atoms with Crippen molar-refractivity contribution in [1.29, 1.82) is 0 Å². The van der Waals surface area contributed by atoms with Gasteiger partial charge in [-0.2, -0.15) is 0 Å². The van der Waals surface area contributed by atoms with E-state index < -0.39 is 0 Å². The molecule has 3 aromatic rings. The lowest BCUT2D eigenvalue weighted by Gasteiger charge is -2.13. The van der Waals surface area contributed by atoms with Gasteiger partial charge in [0.25, 0.3) is 5.91 Å². The predicted molar refractivity (Wildman–Crippen MR) is 122 cm³/mol. The Hall–Kier alpha value is -2.71. The molecule has 0 fully saturated rings. The van der Waals surface area contributed by atoms with E-state index in [9.17, 15) is 9.59 Å². The molecule has 0 atom stereocenters. The van der Waals surface area contributed by atoms with Crippen LogP contribution in [0, 0.1) is 0 Å². The van der Waals surface area contributed by atoms with Gasteiger partial charge < -0.3 is 10.1 Å². The maximum absolute atomic E-state index is 12.3. The molecular formula is C22H25N3O3S2. The summed E-state index contributed by atoms with van der Waals surface area (Å²) in [6, 6.07) is 11.8. The van der Waals surface area contributed by atoms with E-state index in [1.165, 1.54) is 23.1 Å². The highest BCUT2D eigenvalue weighted by Gasteiger charge is 2.12. The predicted octanol–water partition coefficient (Wildman–Crippen LogP) is 4.69. The van der Waals surface area contributed by atoms with Crippen molar-refractivity contribution in [2.45, 2.75) is 33.1 Å². The maximum Gasteiger partial charge on any atom is 0.264 e. The van der Waals surface area contributed by atoms with E-state index in [1.807, 2.05) is 41.8 Å². The molecule has 2 aromatic heterocycles. The summed E-state index contributed by atoms with van der Waals surface area (Å²) in [4.78, 5) is 30.0. The van der Waals surface area contributed by atoms with Crippen molar-refractivity contribution in [3.05, 3.63) is 52.2 Å². The molecule has 0 radical (unpaired) electrons. The number of thiophene rings is 1. The standard InChI is InChI=1S/C22H25N3O3S2/c1-14(2)17-6-4-5-7-19(17)28-12-21(27)25-22-24-18(13-29-22)20-9-8-16(30-20)10-11-23-15(3)26/h4-9,13-14H,10-12H2,1-3H3,(H,23,26)(H,24,25,27). The average Bonchev–Trinajstić information content (AvgIpc) is 3.36. The zero-order chi connectivity index (χ0) is 21.5. The number of ether oxygens (including phenoxy) is 1. The second-order valence-electron chi connectivity index (χ2n) is 7.07. The minimum Gasteiger partial charge on any atom is -0.483 e. The first kappa shape index (κ1) is 22.0. The quantitative estimate of drug-likeness (QED) is 0.503. The van der Waals surface area contributed by atoms with Crippen molar-refractivity contribution in [3.63, 3.8) is 0 Å². The Balaban J connectivity index is 1.54. The van der Waals surface area contributed by atoms with Crippen LogP contribution in [0.4, 0.5) is 5.13 Å². The molecule has 0 aliphatic heterocycles. The molecule has 3 rings (SSSR count). The van der Waals surface area contributed by atoms with Gasteiger partial charge in [0, 0.05) is 23.7 Å². The van der Waals surface area contributed by atoms with Gasteiger partial charge in [-0.15, -0.1) is 22.7 Å². The molecule has 2 N–H and O–H groups in total. The number of nitrogens with one attached hydrogen (secondary N) is 2. The number of hydrogen-bond donors (Lipinski definition) is 2. The van der Waals surface area contributed by atoms with Gasteiger partial charge in [0.2, 0.25) is 5.91 Å². The van der Waals surface area contributed by atoms with Crippen LogP contribution in [0.3, 0.4) is 0 Å². The maximum atomic E-state index is 12.3. The summed E-state index contributed by atoms with van der Waals surface area (Å²) in [5, 5.41) is 8.07. The molecule has 30 heavy (non-hydrogen) atoms. The van der Waals surface area contributed by atoms with E-state index in [-0.39, 0.29) is 18.4 Å². The zero-order valence-electron chi connectivity index (χ0n) is 17.2. The van der Waals surface area contributed by atoms with Crippen molar-refractivity contribution in [2.75, 3.05) is 18.5 Å². The van der Waals surface area contributed by atoms with Gasteiger partial charge in [-0.25, -0.2) is 4.98 Å². The van der Waals surface area contributed by atoms with E-state index in [1.54, 1.807) is 11.3 Å². The first-order valence-electron chi connectivity index (χ1n) is 9.73. The molecular weight excluding hydrogens is 418 g/mol. The van der Waals surface area contributed by atoms with Gasteiger partial charge in [0.05, 0.1) is 10.6 Å². The van der Waals surface area contributed by atoms with Gasteiger partial charge in [0.1, 0.15) is 5.75 Å². The lowest BCUT2D eigenvalue weighted by Crippen LogP contribution is -2.21. The average molecular weight is 444 g/mol. The molecule has 0 aliphatic rings. The van der Waals surface area contributed by atoms with Crippen LogP contribution in [-0.2, 0) is 16.0 Å². The number of anilines is 1. The SMILES string of the molecule is CC(=O)NCCc1ccc(-c2csc(NC(=O)COc3ccccc3C(C)C)n2)s1. The fourth-order valence-corrected chi connectivity index (χ4v) is 4.61. The third-order valence-corrected chi connectivity index (χ3v) is 6.24. The number of thiazole rings is 1. The first-order chi connectivity index (χ1) is 14.4. The fourth-order valence-electron chi connectivity index (χ4n) is 2.84. The summed E-state index contributed by atoms with van der Waals surface area (Å²) in [6.07, 6.45) is 0.785. The molecule has 1 aromatic carbocycles. The van der Waals surface area contributed by atoms with Crippen LogP contribution in [0.1, 0.15) is 37.1 Å². The number of hydrogen-bond acceptors (Lipinski definition) is 6. The van der Waals surface area contributed by atoms with Crippen LogP contribution in [0.15, 0.2) is 41.8 Å². The third kappa shape index (κ3) is 6.14. The second kappa shape index (κ2) is 10.4. The third-order valence-electron chi connectivity index (χ3n) is 4.31. The smallest absolute Gasteiger partial charge is 0.264 e. The van der Waals surface area contributed by atoms with Gasteiger partial charge in [-0.05, 0) is 36.1 Å². The number of benzene rings is 1. The van der Waals surface area contributed by atoms with Crippen LogP contribution >= 0.6 is 22.7 Å². The summed E-state index contributed by atoms with van der Waals surface area (Å²) in [6.45, 7) is 6.25. The highest BCUT2D eigenvalue weighted by molar-refractivity contribution is 7.17. The van der Waals surface area contributed by atoms with E-state index in [0.717, 1.165) is 28.3 Å². The van der Waals surface area contributed by atoms with Gasteiger partial charge in [0.15, 0.2) is 11.7 Å². The number of para-hydroxylation sites is 1. The molecule has 8 heteroatoms. The van der Waals surface area contributed by atoms with E-state index in [0.29, 0.717) is 17.6 Å². The van der Waals surface area contributed by atoms with Crippen molar-refractivity contribution < 1.29 is 14.3 Å². The van der Waals surface area contributed by atoms with E-state index in [4.69, 9.17) is 4.74 Å². The minimum atomic E-state index is -0.239. The molecule has 0 spiro atoms. The summed E-state index contributed by atoms with van der Waals surface area (Å²) in [5.41, 5.74) is 1.91. The number of nitrogens with zero attached hydrogens (tertiary/aromatic N) is 1. The number of rotatable bonds is 9. The number of amides is 2. The number of aromatic nitrogens is 1. The van der Waals surface area contributed by atoms with E-state index in [2.05, 4.69) is 29.5 Å². The molecule has 0 unspecified atom stereocenters. The van der Waals surface area contributed by atoms with Crippen molar-refractivity contribution in [1.82, 2.24) is 10.3 Å². The van der Waals surface area contributed by atoms with E-state index >= 15 is 0 Å².